The number of β-amino-alcohol motifs (C(OH)–C–C–N with tert-alkyl or cyclic N) is 1. The number of piperidine rings is 2. The summed E-state index contributed by atoms with van der Waals surface area (Å²) in [5.74, 6) is 0.651. The van der Waals surface area contributed by atoms with Crippen LogP contribution >= 0.6 is 11.8 Å². The van der Waals surface area contributed by atoms with E-state index in [1.165, 1.54) is 0 Å². The van der Waals surface area contributed by atoms with Gasteiger partial charge in [0, 0.05) is 38.0 Å². The van der Waals surface area contributed by atoms with Crippen LogP contribution in [0, 0.1) is 5.41 Å². The fourth-order valence-electron chi connectivity index (χ4n) is 3.94. The zero-order valence-electron chi connectivity index (χ0n) is 14.7. The molecular formula is C19H26N2O3S. The van der Waals surface area contributed by atoms with E-state index >= 15 is 0 Å². The molecule has 2 saturated heterocycles. The Labute approximate surface area is 153 Å². The van der Waals surface area contributed by atoms with Gasteiger partial charge in [0.2, 0.25) is 11.8 Å². The van der Waals surface area contributed by atoms with Crippen LogP contribution in [0.15, 0.2) is 35.2 Å². The van der Waals surface area contributed by atoms with Gasteiger partial charge in [-0.15, -0.1) is 11.8 Å². The predicted octanol–water partition coefficient (Wildman–Crippen LogP) is 2.00. The first-order valence-electron chi connectivity index (χ1n) is 8.87. The lowest BCUT2D eigenvalue weighted by Crippen LogP contribution is -2.55. The quantitative estimate of drug-likeness (QED) is 0.836. The number of hydrogen-bond donors (Lipinski definition) is 1. The molecule has 0 aromatic heterocycles. The molecule has 0 saturated carbocycles. The summed E-state index contributed by atoms with van der Waals surface area (Å²) in [6.45, 7) is 4.14. The maximum atomic E-state index is 12.5. The average Bonchev–Trinajstić information content (AvgIpc) is 2.60. The first-order chi connectivity index (χ1) is 12.0. The minimum absolute atomic E-state index is 0.0240. The molecule has 2 amide bonds. The number of carbonyl (C=O) groups excluding carboxylic acids is 2. The summed E-state index contributed by atoms with van der Waals surface area (Å²) in [7, 11) is 0. The van der Waals surface area contributed by atoms with Gasteiger partial charge in [-0.05, 0) is 36.8 Å². The molecule has 1 atom stereocenters. The van der Waals surface area contributed by atoms with Crippen LogP contribution in [-0.2, 0) is 9.59 Å². The molecule has 5 nitrogen and oxygen atoms in total. The zero-order chi connectivity index (χ0) is 17.9. The highest BCUT2D eigenvalue weighted by molar-refractivity contribution is 8.00. The number of amides is 2. The van der Waals surface area contributed by atoms with Crippen molar-refractivity contribution < 1.29 is 14.7 Å². The van der Waals surface area contributed by atoms with Gasteiger partial charge in [0.25, 0.3) is 0 Å². The van der Waals surface area contributed by atoms with Crippen molar-refractivity contribution in [2.24, 2.45) is 5.41 Å². The third-order valence-corrected chi connectivity index (χ3v) is 6.35. The van der Waals surface area contributed by atoms with E-state index < -0.39 is 6.10 Å². The van der Waals surface area contributed by atoms with Crippen molar-refractivity contribution in [1.29, 1.82) is 0 Å². The van der Waals surface area contributed by atoms with Gasteiger partial charge in [0.05, 0.1) is 11.9 Å². The van der Waals surface area contributed by atoms with Crippen LogP contribution in [0.4, 0.5) is 0 Å². The van der Waals surface area contributed by atoms with Gasteiger partial charge in [-0.3, -0.25) is 9.59 Å². The van der Waals surface area contributed by atoms with Gasteiger partial charge in [-0.2, -0.15) is 0 Å². The molecule has 136 valence electrons. The Balaban J connectivity index is 1.52. The number of benzene rings is 1. The second-order valence-electron chi connectivity index (χ2n) is 7.24. The second-order valence-corrected chi connectivity index (χ2v) is 8.29. The number of aliphatic hydroxyl groups excluding tert-OH is 1. The number of carbonyl (C=O) groups is 2. The first-order valence-corrected chi connectivity index (χ1v) is 9.85. The Bertz CT molecular complexity index is 614. The van der Waals surface area contributed by atoms with E-state index in [9.17, 15) is 14.7 Å². The third kappa shape index (κ3) is 4.55. The maximum absolute atomic E-state index is 12.5. The predicted molar refractivity (Wildman–Crippen MR) is 98.3 cm³/mol. The maximum Gasteiger partial charge on any atom is 0.232 e. The molecule has 0 radical (unpaired) electrons. The normalized spacial score (nSPS) is 22.9. The highest BCUT2D eigenvalue weighted by Crippen LogP contribution is 2.40. The summed E-state index contributed by atoms with van der Waals surface area (Å²) in [6.07, 6.45) is 2.00. The molecule has 0 bridgehead atoms. The second kappa shape index (κ2) is 7.79. The van der Waals surface area contributed by atoms with Crippen molar-refractivity contribution in [3.8, 4) is 0 Å². The highest BCUT2D eigenvalue weighted by Gasteiger charge is 2.42. The average molecular weight is 362 g/mol. The van der Waals surface area contributed by atoms with Crippen LogP contribution in [0.1, 0.15) is 26.2 Å². The van der Waals surface area contributed by atoms with Gasteiger partial charge in [0.1, 0.15) is 0 Å². The van der Waals surface area contributed by atoms with E-state index in [4.69, 9.17) is 0 Å². The van der Waals surface area contributed by atoms with E-state index in [0.29, 0.717) is 31.9 Å². The fraction of sp³-hybridized carbons (Fsp3) is 0.579. The molecule has 1 aromatic rings. The zero-order valence-corrected chi connectivity index (χ0v) is 15.5. The summed E-state index contributed by atoms with van der Waals surface area (Å²) < 4.78 is 0. The van der Waals surface area contributed by atoms with Crippen molar-refractivity contribution in [2.45, 2.75) is 37.2 Å². The summed E-state index contributed by atoms with van der Waals surface area (Å²) in [4.78, 5) is 29.0. The largest absolute Gasteiger partial charge is 0.391 e. The van der Waals surface area contributed by atoms with E-state index in [1.54, 1.807) is 23.6 Å². The van der Waals surface area contributed by atoms with Crippen molar-refractivity contribution >= 4 is 23.6 Å². The smallest absolute Gasteiger partial charge is 0.232 e. The molecule has 2 aliphatic rings. The molecule has 3 rings (SSSR count). The molecule has 2 fully saturated rings. The Morgan fingerprint density at radius 2 is 1.88 bits per heavy atom. The molecule has 25 heavy (non-hydrogen) atoms. The van der Waals surface area contributed by atoms with Crippen LogP contribution in [0.3, 0.4) is 0 Å². The summed E-state index contributed by atoms with van der Waals surface area (Å²) in [5.41, 5.74) is -0.0350. The van der Waals surface area contributed by atoms with Crippen molar-refractivity contribution in [2.75, 3.05) is 31.9 Å². The number of nitrogens with zero attached hydrogens (tertiary/aromatic N) is 2. The standard InChI is InChI=1S/C19H26N2O3S/c1-15(22)21-12-16(23)11-19(14-21)7-9-20(10-8-19)18(24)13-25-17-5-3-2-4-6-17/h2-6,16,23H,7-14H2,1H3. The molecule has 1 unspecified atom stereocenters. The lowest BCUT2D eigenvalue weighted by Gasteiger charge is -2.49. The van der Waals surface area contributed by atoms with Crippen molar-refractivity contribution in [3.63, 3.8) is 0 Å². The Morgan fingerprint density at radius 1 is 1.20 bits per heavy atom. The third-order valence-electron chi connectivity index (χ3n) is 5.35. The molecule has 1 spiro atoms. The summed E-state index contributed by atoms with van der Waals surface area (Å²) in [5, 5.41) is 10.2. The lowest BCUT2D eigenvalue weighted by molar-refractivity contribution is -0.141. The van der Waals surface area contributed by atoms with Crippen molar-refractivity contribution in [1.82, 2.24) is 9.80 Å². The number of aliphatic hydroxyl groups is 1. The summed E-state index contributed by atoms with van der Waals surface area (Å²) >= 11 is 1.57. The monoisotopic (exact) mass is 362 g/mol. The van der Waals surface area contributed by atoms with Crippen LogP contribution in [0.25, 0.3) is 0 Å². The molecule has 2 aliphatic heterocycles. The SMILES string of the molecule is CC(=O)N1CC(O)CC2(CCN(C(=O)CSc3ccccc3)CC2)C1. The van der Waals surface area contributed by atoms with Crippen LogP contribution in [-0.4, -0.2) is 64.8 Å². The first kappa shape index (κ1) is 18.3. The van der Waals surface area contributed by atoms with Gasteiger partial charge < -0.3 is 14.9 Å². The molecule has 1 N–H and O–H groups in total. The number of thioether (sulfide) groups is 1. The van der Waals surface area contributed by atoms with E-state index in [0.717, 1.165) is 24.2 Å². The topological polar surface area (TPSA) is 60.9 Å². The minimum Gasteiger partial charge on any atom is -0.391 e. The number of hydrogen-bond acceptors (Lipinski definition) is 4. The van der Waals surface area contributed by atoms with Crippen LogP contribution in [0.5, 0.6) is 0 Å². The Morgan fingerprint density at radius 3 is 2.52 bits per heavy atom. The van der Waals surface area contributed by atoms with Crippen LogP contribution in [0.2, 0.25) is 0 Å². The van der Waals surface area contributed by atoms with Gasteiger partial charge >= 0.3 is 0 Å². The number of likely N-dealkylation sites (tertiary alicyclic amines) is 2. The highest BCUT2D eigenvalue weighted by atomic mass is 32.2. The lowest BCUT2D eigenvalue weighted by atomic mass is 9.71. The van der Waals surface area contributed by atoms with Crippen molar-refractivity contribution in [3.05, 3.63) is 30.3 Å². The van der Waals surface area contributed by atoms with Gasteiger partial charge in [0.15, 0.2) is 0 Å². The molecule has 6 heteroatoms. The molecule has 0 aliphatic carbocycles. The van der Waals surface area contributed by atoms with E-state index in [2.05, 4.69) is 0 Å². The Kier molecular flexibility index (Phi) is 5.69. The fourth-order valence-corrected chi connectivity index (χ4v) is 4.76. The summed E-state index contributed by atoms with van der Waals surface area (Å²) in [6, 6.07) is 9.96. The van der Waals surface area contributed by atoms with Gasteiger partial charge in [-0.1, -0.05) is 18.2 Å². The number of rotatable bonds is 3. The van der Waals surface area contributed by atoms with Crippen LogP contribution < -0.4 is 0 Å². The van der Waals surface area contributed by atoms with E-state index in [-0.39, 0.29) is 17.2 Å². The molecule has 2 heterocycles. The van der Waals surface area contributed by atoms with Gasteiger partial charge in [-0.25, -0.2) is 0 Å². The molecular weight excluding hydrogens is 336 g/mol. The Hall–Kier alpha value is -1.53. The minimum atomic E-state index is -0.450. The van der Waals surface area contributed by atoms with E-state index in [1.807, 2.05) is 35.2 Å². The molecule has 1 aromatic carbocycles.